The van der Waals surface area contributed by atoms with Gasteiger partial charge in [-0.15, -0.1) is 11.3 Å². The van der Waals surface area contributed by atoms with E-state index < -0.39 is 0 Å². The molecule has 5 nitrogen and oxygen atoms in total. The van der Waals surface area contributed by atoms with Gasteiger partial charge in [-0.05, 0) is 37.6 Å². The first-order chi connectivity index (χ1) is 9.74. The van der Waals surface area contributed by atoms with Crippen molar-refractivity contribution < 1.29 is 8.94 Å². The lowest BCUT2D eigenvalue weighted by molar-refractivity contribution is 0.219. The summed E-state index contributed by atoms with van der Waals surface area (Å²) in [4.78, 5) is 7.84. The van der Waals surface area contributed by atoms with Crippen LogP contribution in [0.5, 0.6) is 0 Å². The van der Waals surface area contributed by atoms with E-state index in [-0.39, 0.29) is 0 Å². The van der Waals surface area contributed by atoms with Crippen LogP contribution in [-0.4, -0.2) is 22.1 Å². The summed E-state index contributed by atoms with van der Waals surface area (Å²) in [7, 11) is 2.04. The summed E-state index contributed by atoms with van der Waals surface area (Å²) in [5, 5.41) is 6.01. The summed E-state index contributed by atoms with van der Waals surface area (Å²) in [6, 6.07) is 8.12. The van der Waals surface area contributed by atoms with Crippen LogP contribution in [0.15, 0.2) is 44.8 Å². The molecule has 3 heterocycles. The molecule has 0 saturated heterocycles. The van der Waals surface area contributed by atoms with E-state index in [0.29, 0.717) is 30.1 Å². The Morgan fingerprint density at radius 2 is 2.25 bits per heavy atom. The first-order valence-electron chi connectivity index (χ1n) is 6.34. The molecule has 0 radical (unpaired) electrons. The van der Waals surface area contributed by atoms with Crippen molar-refractivity contribution in [2.24, 2.45) is 0 Å². The van der Waals surface area contributed by atoms with Crippen LogP contribution in [0.2, 0.25) is 0 Å². The molecule has 0 fully saturated rings. The fraction of sp³-hybridized carbons (Fsp3) is 0.286. The van der Waals surface area contributed by atoms with Crippen LogP contribution in [0.1, 0.15) is 23.7 Å². The van der Waals surface area contributed by atoms with Crippen molar-refractivity contribution in [3.8, 4) is 11.6 Å². The van der Waals surface area contributed by atoms with E-state index in [2.05, 4.69) is 39.5 Å². The van der Waals surface area contributed by atoms with Gasteiger partial charge in [0.15, 0.2) is 5.76 Å². The van der Waals surface area contributed by atoms with Crippen LogP contribution in [0.25, 0.3) is 11.6 Å². The Hall–Kier alpha value is -1.92. The van der Waals surface area contributed by atoms with Gasteiger partial charge in [-0.1, -0.05) is 11.2 Å². The Balaban J connectivity index is 1.69. The first kappa shape index (κ1) is 13.1. The average Bonchev–Trinajstić information content (AvgIpc) is 3.19. The van der Waals surface area contributed by atoms with Crippen molar-refractivity contribution >= 4 is 11.3 Å². The van der Waals surface area contributed by atoms with Crippen LogP contribution in [0, 0.1) is 0 Å². The first-order valence-corrected chi connectivity index (χ1v) is 7.22. The second-order valence-corrected chi connectivity index (χ2v) is 5.57. The molecule has 0 aliphatic rings. The number of hydrogen-bond donors (Lipinski definition) is 0. The van der Waals surface area contributed by atoms with Crippen molar-refractivity contribution in [3.63, 3.8) is 0 Å². The lowest BCUT2D eigenvalue weighted by atomic mass is 10.2. The molecule has 0 aromatic carbocycles. The second-order valence-electron chi connectivity index (χ2n) is 4.60. The summed E-state index contributed by atoms with van der Waals surface area (Å²) in [6.45, 7) is 2.77. The highest BCUT2D eigenvalue weighted by molar-refractivity contribution is 7.10. The predicted molar refractivity (Wildman–Crippen MR) is 76.2 cm³/mol. The fourth-order valence-corrected chi connectivity index (χ4v) is 2.77. The van der Waals surface area contributed by atoms with E-state index in [4.69, 9.17) is 8.94 Å². The van der Waals surface area contributed by atoms with Crippen LogP contribution >= 0.6 is 11.3 Å². The minimum Gasteiger partial charge on any atom is -0.461 e. The number of thiophene rings is 1. The van der Waals surface area contributed by atoms with E-state index in [1.807, 2.05) is 13.1 Å². The topological polar surface area (TPSA) is 55.3 Å². The van der Waals surface area contributed by atoms with Gasteiger partial charge in [-0.25, -0.2) is 0 Å². The largest absolute Gasteiger partial charge is 0.461 e. The molecule has 0 aliphatic carbocycles. The molecule has 0 saturated carbocycles. The van der Waals surface area contributed by atoms with Crippen molar-refractivity contribution in [3.05, 3.63) is 46.7 Å². The van der Waals surface area contributed by atoms with Crippen LogP contribution < -0.4 is 0 Å². The molecule has 0 N–H and O–H groups in total. The summed E-state index contributed by atoms with van der Waals surface area (Å²) in [5.41, 5.74) is 0. The molecule has 20 heavy (non-hydrogen) atoms. The standard InChI is InChI=1S/C14H15N3O2S/c1-10(12-6-4-8-20-12)17(2)9-13-15-14(16-19-13)11-5-3-7-18-11/h3-8,10H,9H2,1-2H3. The Labute approximate surface area is 120 Å². The molecular weight excluding hydrogens is 274 g/mol. The molecule has 0 amide bonds. The molecule has 1 atom stereocenters. The molecule has 3 aromatic heterocycles. The zero-order valence-corrected chi connectivity index (χ0v) is 12.1. The highest BCUT2D eigenvalue weighted by Crippen LogP contribution is 2.25. The van der Waals surface area contributed by atoms with Gasteiger partial charge in [0.2, 0.25) is 11.7 Å². The van der Waals surface area contributed by atoms with Crippen LogP contribution in [0.4, 0.5) is 0 Å². The minimum absolute atomic E-state index is 0.314. The van der Waals surface area contributed by atoms with Gasteiger partial charge < -0.3 is 8.94 Å². The van der Waals surface area contributed by atoms with Crippen LogP contribution in [0.3, 0.4) is 0 Å². The van der Waals surface area contributed by atoms with Gasteiger partial charge in [0, 0.05) is 10.9 Å². The van der Waals surface area contributed by atoms with E-state index in [0.717, 1.165) is 0 Å². The minimum atomic E-state index is 0.314. The van der Waals surface area contributed by atoms with Gasteiger partial charge in [0.05, 0.1) is 12.8 Å². The highest BCUT2D eigenvalue weighted by Gasteiger charge is 2.17. The van der Waals surface area contributed by atoms with Crippen molar-refractivity contribution in [2.45, 2.75) is 19.5 Å². The van der Waals surface area contributed by atoms with E-state index >= 15 is 0 Å². The van der Waals surface area contributed by atoms with Gasteiger partial charge in [-0.2, -0.15) is 4.98 Å². The Bertz CT molecular complexity index is 646. The summed E-state index contributed by atoms with van der Waals surface area (Å²) < 4.78 is 10.5. The maximum absolute atomic E-state index is 5.27. The summed E-state index contributed by atoms with van der Waals surface area (Å²) in [6.07, 6.45) is 1.59. The normalized spacial score (nSPS) is 12.9. The van der Waals surface area contributed by atoms with E-state index in [1.165, 1.54) is 4.88 Å². The quantitative estimate of drug-likeness (QED) is 0.718. The fourth-order valence-electron chi connectivity index (χ4n) is 1.92. The smallest absolute Gasteiger partial charge is 0.241 e. The Kier molecular flexibility index (Phi) is 3.66. The number of aromatic nitrogens is 2. The van der Waals surface area contributed by atoms with E-state index in [9.17, 15) is 0 Å². The second kappa shape index (κ2) is 5.60. The van der Waals surface area contributed by atoms with Crippen molar-refractivity contribution in [1.82, 2.24) is 15.0 Å². The average molecular weight is 289 g/mol. The summed E-state index contributed by atoms with van der Waals surface area (Å²) in [5.74, 6) is 1.69. The number of furan rings is 1. The van der Waals surface area contributed by atoms with Gasteiger partial charge in [0.25, 0.3) is 0 Å². The number of nitrogens with zero attached hydrogens (tertiary/aromatic N) is 3. The molecule has 104 valence electrons. The SMILES string of the molecule is CC(c1cccs1)N(C)Cc1nc(-c2ccco2)no1. The third kappa shape index (κ3) is 2.66. The van der Waals surface area contributed by atoms with Gasteiger partial charge >= 0.3 is 0 Å². The molecule has 0 bridgehead atoms. The number of rotatable bonds is 5. The Morgan fingerprint density at radius 1 is 1.35 bits per heavy atom. The molecule has 3 rings (SSSR count). The number of hydrogen-bond acceptors (Lipinski definition) is 6. The van der Waals surface area contributed by atoms with Gasteiger partial charge in [-0.3, -0.25) is 4.90 Å². The molecule has 6 heteroatoms. The lowest BCUT2D eigenvalue weighted by Gasteiger charge is -2.21. The zero-order chi connectivity index (χ0) is 13.9. The van der Waals surface area contributed by atoms with Crippen LogP contribution in [-0.2, 0) is 6.54 Å². The molecule has 0 spiro atoms. The van der Waals surface area contributed by atoms with Crippen molar-refractivity contribution in [1.29, 1.82) is 0 Å². The zero-order valence-electron chi connectivity index (χ0n) is 11.3. The monoisotopic (exact) mass is 289 g/mol. The maximum Gasteiger partial charge on any atom is 0.241 e. The predicted octanol–water partition coefficient (Wildman–Crippen LogP) is 3.58. The molecule has 3 aromatic rings. The highest BCUT2D eigenvalue weighted by atomic mass is 32.1. The third-order valence-electron chi connectivity index (χ3n) is 3.21. The van der Waals surface area contributed by atoms with Gasteiger partial charge in [0.1, 0.15) is 0 Å². The Morgan fingerprint density at radius 3 is 2.95 bits per heavy atom. The maximum atomic E-state index is 5.27. The summed E-state index contributed by atoms with van der Waals surface area (Å²) >= 11 is 1.75. The lowest BCUT2D eigenvalue weighted by Crippen LogP contribution is -2.21. The van der Waals surface area contributed by atoms with E-state index in [1.54, 1.807) is 23.7 Å². The molecular formula is C14H15N3O2S. The molecule has 1 unspecified atom stereocenters. The van der Waals surface area contributed by atoms with Crippen molar-refractivity contribution in [2.75, 3.05) is 7.05 Å². The third-order valence-corrected chi connectivity index (χ3v) is 4.25. The molecule has 0 aliphatic heterocycles.